The molecule has 0 radical (unpaired) electrons. The van der Waals surface area contributed by atoms with Crippen LogP contribution in [0.3, 0.4) is 0 Å². The summed E-state index contributed by atoms with van der Waals surface area (Å²) in [6.45, 7) is 0.860. The third kappa shape index (κ3) is 2.08. The number of hydrogen-bond donors (Lipinski definition) is 1. The SMILES string of the molecule is Fc1ccc(NCC2Cc3ccccc32)cc1Cl. The van der Waals surface area contributed by atoms with E-state index in [-0.39, 0.29) is 10.8 Å². The summed E-state index contributed by atoms with van der Waals surface area (Å²) in [5, 5.41) is 3.47. The fourth-order valence-electron chi connectivity index (χ4n) is 2.39. The maximum Gasteiger partial charge on any atom is 0.141 e. The summed E-state index contributed by atoms with van der Waals surface area (Å²) >= 11 is 5.74. The lowest BCUT2D eigenvalue weighted by Gasteiger charge is -2.30. The van der Waals surface area contributed by atoms with E-state index in [0.717, 1.165) is 18.7 Å². The van der Waals surface area contributed by atoms with Crippen LogP contribution in [0.5, 0.6) is 0 Å². The summed E-state index contributed by atoms with van der Waals surface area (Å²) in [7, 11) is 0. The summed E-state index contributed by atoms with van der Waals surface area (Å²) in [6.07, 6.45) is 1.11. The van der Waals surface area contributed by atoms with Crippen LogP contribution in [-0.2, 0) is 6.42 Å². The highest BCUT2D eigenvalue weighted by molar-refractivity contribution is 6.31. The van der Waals surface area contributed by atoms with Crippen LogP contribution in [0.15, 0.2) is 42.5 Å². The predicted molar refractivity (Wildman–Crippen MR) is 72.8 cm³/mol. The quantitative estimate of drug-likeness (QED) is 0.872. The zero-order valence-corrected chi connectivity index (χ0v) is 10.5. The van der Waals surface area contributed by atoms with Crippen molar-refractivity contribution in [1.82, 2.24) is 0 Å². The molecule has 2 aromatic carbocycles. The average Bonchev–Trinajstić information content (AvgIpc) is 2.35. The summed E-state index contributed by atoms with van der Waals surface area (Å²) in [6, 6.07) is 13.2. The lowest BCUT2D eigenvalue weighted by Crippen LogP contribution is -2.24. The average molecular weight is 262 g/mol. The number of hydrogen-bond acceptors (Lipinski definition) is 1. The maximum atomic E-state index is 13.0. The molecule has 0 spiro atoms. The largest absolute Gasteiger partial charge is 0.384 e. The van der Waals surface area contributed by atoms with Crippen LogP contribution < -0.4 is 5.32 Å². The Kier molecular flexibility index (Phi) is 2.96. The van der Waals surface area contributed by atoms with Gasteiger partial charge in [-0.3, -0.25) is 0 Å². The van der Waals surface area contributed by atoms with Gasteiger partial charge in [0.25, 0.3) is 0 Å². The zero-order chi connectivity index (χ0) is 12.5. The number of anilines is 1. The molecule has 0 amide bonds. The molecule has 0 saturated heterocycles. The second-order valence-corrected chi connectivity index (χ2v) is 5.02. The number of rotatable bonds is 3. The fourth-order valence-corrected chi connectivity index (χ4v) is 2.57. The van der Waals surface area contributed by atoms with Crippen LogP contribution in [0.2, 0.25) is 5.02 Å². The summed E-state index contributed by atoms with van der Waals surface area (Å²) in [4.78, 5) is 0. The highest BCUT2D eigenvalue weighted by atomic mass is 35.5. The molecule has 92 valence electrons. The van der Waals surface area contributed by atoms with E-state index in [4.69, 9.17) is 11.6 Å². The van der Waals surface area contributed by atoms with Crippen LogP contribution in [0, 0.1) is 5.82 Å². The minimum atomic E-state index is -0.379. The van der Waals surface area contributed by atoms with Crippen LogP contribution in [0.4, 0.5) is 10.1 Å². The molecule has 2 aromatic rings. The molecule has 1 aliphatic rings. The lowest BCUT2D eigenvalue weighted by molar-refractivity contribution is 0.626. The van der Waals surface area contributed by atoms with Crippen molar-refractivity contribution in [1.29, 1.82) is 0 Å². The predicted octanol–water partition coefficient (Wildman–Crippen LogP) is 4.23. The van der Waals surface area contributed by atoms with Gasteiger partial charge in [-0.05, 0) is 35.7 Å². The third-order valence-electron chi connectivity index (χ3n) is 3.43. The monoisotopic (exact) mass is 261 g/mol. The normalized spacial score (nSPS) is 16.9. The molecular weight excluding hydrogens is 249 g/mol. The van der Waals surface area contributed by atoms with Crippen LogP contribution in [0.1, 0.15) is 17.0 Å². The third-order valence-corrected chi connectivity index (χ3v) is 3.72. The molecule has 1 atom stereocenters. The van der Waals surface area contributed by atoms with Gasteiger partial charge < -0.3 is 5.32 Å². The maximum absolute atomic E-state index is 13.0. The molecule has 3 rings (SSSR count). The molecule has 1 nitrogen and oxygen atoms in total. The molecule has 1 N–H and O–H groups in total. The van der Waals surface area contributed by atoms with Crippen molar-refractivity contribution < 1.29 is 4.39 Å². The summed E-state index contributed by atoms with van der Waals surface area (Å²) in [5.41, 5.74) is 3.71. The lowest BCUT2D eigenvalue weighted by atomic mass is 9.77. The molecule has 3 heteroatoms. The highest BCUT2D eigenvalue weighted by Crippen LogP contribution is 2.34. The second-order valence-electron chi connectivity index (χ2n) is 4.61. The first kappa shape index (κ1) is 11.5. The number of nitrogens with one attached hydrogen (secondary N) is 1. The van der Waals surface area contributed by atoms with Gasteiger partial charge in [-0.1, -0.05) is 35.9 Å². The first-order valence-corrected chi connectivity index (χ1v) is 6.38. The van der Waals surface area contributed by atoms with E-state index >= 15 is 0 Å². The van der Waals surface area contributed by atoms with Crippen molar-refractivity contribution in [2.45, 2.75) is 12.3 Å². The molecule has 0 saturated carbocycles. The van der Waals surface area contributed by atoms with E-state index in [1.54, 1.807) is 12.1 Å². The van der Waals surface area contributed by atoms with Crippen LogP contribution >= 0.6 is 11.6 Å². The summed E-state index contributed by atoms with van der Waals surface area (Å²) < 4.78 is 13.0. The molecule has 0 aromatic heterocycles. The Morgan fingerprint density at radius 2 is 2.06 bits per heavy atom. The fraction of sp³-hybridized carbons (Fsp3) is 0.200. The molecule has 0 fully saturated rings. The zero-order valence-electron chi connectivity index (χ0n) is 9.79. The number of halogens is 2. The summed E-state index contributed by atoms with van der Waals surface area (Å²) in [5.74, 6) is 0.168. The Hall–Kier alpha value is -1.54. The van der Waals surface area contributed by atoms with E-state index in [1.807, 2.05) is 0 Å². The second kappa shape index (κ2) is 4.62. The van der Waals surface area contributed by atoms with Crippen molar-refractivity contribution in [3.63, 3.8) is 0 Å². The Labute approximate surface area is 111 Å². The first-order chi connectivity index (χ1) is 8.74. The first-order valence-electron chi connectivity index (χ1n) is 6.01. The minimum Gasteiger partial charge on any atom is -0.384 e. The van der Waals surface area contributed by atoms with Crippen molar-refractivity contribution in [2.75, 3.05) is 11.9 Å². The van der Waals surface area contributed by atoms with E-state index in [0.29, 0.717) is 5.92 Å². The smallest absolute Gasteiger partial charge is 0.141 e. The molecule has 18 heavy (non-hydrogen) atoms. The topological polar surface area (TPSA) is 12.0 Å². The van der Waals surface area contributed by atoms with Gasteiger partial charge in [-0.25, -0.2) is 4.39 Å². The van der Waals surface area contributed by atoms with E-state index in [9.17, 15) is 4.39 Å². The van der Waals surface area contributed by atoms with E-state index in [1.165, 1.54) is 17.2 Å². The van der Waals surface area contributed by atoms with Gasteiger partial charge >= 0.3 is 0 Å². The van der Waals surface area contributed by atoms with Gasteiger partial charge in [0, 0.05) is 18.2 Å². The van der Waals surface area contributed by atoms with Gasteiger partial charge in [0.15, 0.2) is 0 Å². The molecule has 0 aliphatic heterocycles. The number of benzene rings is 2. The van der Waals surface area contributed by atoms with Crippen molar-refractivity contribution >= 4 is 17.3 Å². The molecule has 0 heterocycles. The van der Waals surface area contributed by atoms with Crippen LogP contribution in [-0.4, -0.2) is 6.54 Å². The minimum absolute atomic E-state index is 0.161. The Bertz CT molecular complexity index is 582. The molecule has 1 aliphatic carbocycles. The van der Waals surface area contributed by atoms with Gasteiger partial charge in [0.05, 0.1) is 5.02 Å². The van der Waals surface area contributed by atoms with E-state index in [2.05, 4.69) is 29.6 Å². The Morgan fingerprint density at radius 1 is 1.22 bits per heavy atom. The van der Waals surface area contributed by atoms with Gasteiger partial charge in [0.1, 0.15) is 5.82 Å². The Balaban J connectivity index is 1.65. The van der Waals surface area contributed by atoms with Gasteiger partial charge in [-0.15, -0.1) is 0 Å². The van der Waals surface area contributed by atoms with E-state index < -0.39 is 0 Å². The number of fused-ring (bicyclic) bond motifs is 1. The molecule has 0 bridgehead atoms. The standard InChI is InChI=1S/C15H13ClFN/c16-14-8-12(5-6-15(14)17)18-9-11-7-10-3-1-2-4-13(10)11/h1-6,8,11,18H,7,9H2. The van der Waals surface area contributed by atoms with Gasteiger partial charge in [0.2, 0.25) is 0 Å². The van der Waals surface area contributed by atoms with Gasteiger partial charge in [-0.2, -0.15) is 0 Å². The van der Waals surface area contributed by atoms with Crippen molar-refractivity contribution in [2.24, 2.45) is 0 Å². The van der Waals surface area contributed by atoms with Crippen molar-refractivity contribution in [3.05, 3.63) is 64.4 Å². The molecular formula is C15H13ClFN. The molecule has 1 unspecified atom stereocenters. The highest BCUT2D eigenvalue weighted by Gasteiger charge is 2.24. The van der Waals surface area contributed by atoms with Crippen LogP contribution in [0.25, 0.3) is 0 Å². The van der Waals surface area contributed by atoms with Crippen molar-refractivity contribution in [3.8, 4) is 0 Å². The Morgan fingerprint density at radius 3 is 2.83 bits per heavy atom.